The lowest BCUT2D eigenvalue weighted by atomic mass is 9.90. The summed E-state index contributed by atoms with van der Waals surface area (Å²) in [4.78, 5) is 28.1. The molecule has 1 aromatic heterocycles. The van der Waals surface area contributed by atoms with Crippen LogP contribution < -0.4 is 5.32 Å². The van der Waals surface area contributed by atoms with Gasteiger partial charge in [-0.3, -0.25) is 9.59 Å². The summed E-state index contributed by atoms with van der Waals surface area (Å²) in [5, 5.41) is 4.77. The van der Waals surface area contributed by atoms with Crippen LogP contribution in [0.15, 0.2) is 41.8 Å². The molecule has 5 nitrogen and oxygen atoms in total. The Morgan fingerprint density at radius 2 is 2.00 bits per heavy atom. The van der Waals surface area contributed by atoms with Gasteiger partial charge in [-0.05, 0) is 22.6 Å². The lowest BCUT2D eigenvalue weighted by Gasteiger charge is -2.42. The van der Waals surface area contributed by atoms with Crippen molar-refractivity contribution >= 4 is 23.2 Å². The second kappa shape index (κ2) is 8.23. The SMILES string of the molecule is CNC(=O)C1(Cc2ccc(-c3cccs3)cc2)CN(C(=O)C(C)C)CCO1. The first kappa shape index (κ1) is 19.6. The predicted molar refractivity (Wildman–Crippen MR) is 108 cm³/mol. The van der Waals surface area contributed by atoms with Gasteiger partial charge in [-0.15, -0.1) is 11.3 Å². The zero-order valence-electron chi connectivity index (χ0n) is 16.0. The molecule has 2 amide bonds. The van der Waals surface area contributed by atoms with Crippen LogP contribution >= 0.6 is 11.3 Å². The Morgan fingerprint density at radius 3 is 2.59 bits per heavy atom. The summed E-state index contributed by atoms with van der Waals surface area (Å²) in [7, 11) is 1.61. The van der Waals surface area contributed by atoms with Crippen LogP contribution in [0.25, 0.3) is 10.4 Å². The maximum atomic E-state index is 12.7. The highest BCUT2D eigenvalue weighted by atomic mass is 32.1. The normalized spacial score (nSPS) is 19.9. The zero-order chi connectivity index (χ0) is 19.4. The first-order valence-electron chi connectivity index (χ1n) is 9.23. The fraction of sp³-hybridized carbons (Fsp3) is 0.429. The molecule has 1 unspecified atom stereocenters. The molecular formula is C21H26N2O3S. The summed E-state index contributed by atoms with van der Waals surface area (Å²) < 4.78 is 5.98. The molecule has 1 saturated heterocycles. The minimum absolute atomic E-state index is 0.0552. The van der Waals surface area contributed by atoms with Gasteiger partial charge in [0.2, 0.25) is 5.91 Å². The molecular weight excluding hydrogens is 360 g/mol. The van der Waals surface area contributed by atoms with E-state index in [-0.39, 0.29) is 24.3 Å². The quantitative estimate of drug-likeness (QED) is 0.860. The van der Waals surface area contributed by atoms with Gasteiger partial charge in [0.05, 0.1) is 13.2 Å². The Morgan fingerprint density at radius 1 is 1.26 bits per heavy atom. The summed E-state index contributed by atoms with van der Waals surface area (Å²) in [6, 6.07) is 12.3. The van der Waals surface area contributed by atoms with Crippen LogP contribution in [0, 0.1) is 5.92 Å². The molecule has 0 saturated carbocycles. The maximum Gasteiger partial charge on any atom is 0.254 e. The van der Waals surface area contributed by atoms with Gasteiger partial charge in [0.25, 0.3) is 5.91 Å². The molecule has 1 fully saturated rings. The zero-order valence-corrected chi connectivity index (χ0v) is 16.8. The topological polar surface area (TPSA) is 58.6 Å². The number of hydrogen-bond donors (Lipinski definition) is 1. The van der Waals surface area contributed by atoms with Gasteiger partial charge < -0.3 is 15.0 Å². The van der Waals surface area contributed by atoms with Crippen LogP contribution in [-0.2, 0) is 20.7 Å². The van der Waals surface area contributed by atoms with E-state index in [1.807, 2.05) is 32.0 Å². The van der Waals surface area contributed by atoms with E-state index >= 15 is 0 Å². The van der Waals surface area contributed by atoms with E-state index in [0.717, 1.165) is 11.1 Å². The maximum absolute atomic E-state index is 12.7. The second-order valence-electron chi connectivity index (χ2n) is 7.19. The number of rotatable bonds is 5. The first-order valence-corrected chi connectivity index (χ1v) is 10.1. The van der Waals surface area contributed by atoms with E-state index in [2.05, 4.69) is 28.9 Å². The Balaban J connectivity index is 1.82. The number of hydrogen-bond acceptors (Lipinski definition) is 4. The molecule has 1 aliphatic heterocycles. The summed E-state index contributed by atoms with van der Waals surface area (Å²) in [5.74, 6) is -0.235. The van der Waals surface area contributed by atoms with Gasteiger partial charge in [0.15, 0.2) is 5.60 Å². The van der Waals surface area contributed by atoms with Gasteiger partial charge in [0.1, 0.15) is 0 Å². The lowest BCUT2D eigenvalue weighted by molar-refractivity contribution is -0.167. The van der Waals surface area contributed by atoms with Crippen LogP contribution in [0.3, 0.4) is 0 Å². The minimum Gasteiger partial charge on any atom is -0.361 e. The van der Waals surface area contributed by atoms with Gasteiger partial charge in [-0.1, -0.05) is 44.2 Å². The number of carbonyl (C=O) groups is 2. The Labute approximate surface area is 164 Å². The van der Waals surface area contributed by atoms with Crippen LogP contribution in [0.1, 0.15) is 19.4 Å². The third-order valence-electron chi connectivity index (χ3n) is 4.88. The van der Waals surface area contributed by atoms with E-state index in [1.54, 1.807) is 23.3 Å². The van der Waals surface area contributed by atoms with Gasteiger partial charge in [0, 0.05) is 30.8 Å². The summed E-state index contributed by atoms with van der Waals surface area (Å²) in [5.41, 5.74) is 1.11. The standard InChI is InChI=1S/C21H26N2O3S/c1-15(2)19(24)23-10-11-26-21(14-23,20(25)22-3)13-16-6-8-17(9-7-16)18-5-4-12-27-18/h4-9,12,15H,10-11,13-14H2,1-3H3,(H,22,25). The Bertz CT molecular complexity index is 786. The van der Waals surface area contributed by atoms with Crippen LogP contribution in [0.5, 0.6) is 0 Å². The van der Waals surface area contributed by atoms with Crippen molar-refractivity contribution in [2.45, 2.75) is 25.9 Å². The molecule has 3 rings (SSSR count). The van der Waals surface area contributed by atoms with Crippen molar-refractivity contribution in [2.75, 3.05) is 26.7 Å². The molecule has 144 valence electrons. The second-order valence-corrected chi connectivity index (χ2v) is 8.14. The van der Waals surface area contributed by atoms with Crippen molar-refractivity contribution in [1.29, 1.82) is 0 Å². The molecule has 0 aliphatic carbocycles. The molecule has 1 aliphatic rings. The molecule has 0 bridgehead atoms. The monoisotopic (exact) mass is 386 g/mol. The number of benzene rings is 1. The number of nitrogens with one attached hydrogen (secondary N) is 1. The van der Waals surface area contributed by atoms with Crippen LogP contribution in [-0.4, -0.2) is 49.1 Å². The summed E-state index contributed by atoms with van der Waals surface area (Å²) in [6.07, 6.45) is 0.430. The van der Waals surface area contributed by atoms with Crippen LogP contribution in [0.4, 0.5) is 0 Å². The number of thiophene rings is 1. The minimum atomic E-state index is -1.05. The highest BCUT2D eigenvalue weighted by Crippen LogP contribution is 2.28. The molecule has 2 aromatic rings. The number of ether oxygens (including phenoxy) is 1. The third-order valence-corrected chi connectivity index (χ3v) is 5.80. The van der Waals surface area contributed by atoms with Crippen molar-refractivity contribution in [1.82, 2.24) is 10.2 Å². The third kappa shape index (κ3) is 4.22. The van der Waals surface area contributed by atoms with Gasteiger partial charge in [-0.25, -0.2) is 0 Å². The lowest BCUT2D eigenvalue weighted by Crippen LogP contribution is -2.62. The molecule has 0 radical (unpaired) electrons. The smallest absolute Gasteiger partial charge is 0.254 e. The van der Waals surface area contributed by atoms with E-state index in [9.17, 15) is 9.59 Å². The average molecular weight is 387 g/mol. The molecule has 1 atom stereocenters. The summed E-state index contributed by atoms with van der Waals surface area (Å²) >= 11 is 1.70. The number of amides is 2. The fourth-order valence-electron chi connectivity index (χ4n) is 3.45. The molecule has 2 heterocycles. The number of morpholine rings is 1. The number of nitrogens with zero attached hydrogens (tertiary/aromatic N) is 1. The fourth-order valence-corrected chi connectivity index (χ4v) is 4.18. The summed E-state index contributed by atoms with van der Waals surface area (Å²) in [6.45, 7) is 4.91. The van der Waals surface area contributed by atoms with Gasteiger partial charge >= 0.3 is 0 Å². The largest absolute Gasteiger partial charge is 0.361 e. The van der Waals surface area contributed by atoms with Crippen molar-refractivity contribution in [2.24, 2.45) is 5.92 Å². The van der Waals surface area contributed by atoms with E-state index in [1.165, 1.54) is 4.88 Å². The van der Waals surface area contributed by atoms with E-state index < -0.39 is 5.60 Å². The number of carbonyl (C=O) groups excluding carboxylic acids is 2. The highest BCUT2D eigenvalue weighted by Gasteiger charge is 2.44. The van der Waals surface area contributed by atoms with E-state index in [0.29, 0.717) is 19.6 Å². The molecule has 0 spiro atoms. The Hall–Kier alpha value is -2.18. The van der Waals surface area contributed by atoms with Crippen LogP contribution in [0.2, 0.25) is 0 Å². The van der Waals surface area contributed by atoms with Crippen molar-refractivity contribution in [3.8, 4) is 10.4 Å². The van der Waals surface area contributed by atoms with E-state index in [4.69, 9.17) is 4.74 Å². The predicted octanol–water partition coefficient (Wildman–Crippen LogP) is 2.96. The average Bonchev–Trinajstić information content (AvgIpc) is 3.22. The van der Waals surface area contributed by atoms with Crippen molar-refractivity contribution in [3.05, 3.63) is 47.3 Å². The molecule has 6 heteroatoms. The molecule has 1 N–H and O–H groups in total. The van der Waals surface area contributed by atoms with Crippen molar-refractivity contribution < 1.29 is 14.3 Å². The number of likely N-dealkylation sites (N-methyl/N-ethyl adjacent to an activating group) is 1. The Kier molecular flexibility index (Phi) is 5.97. The van der Waals surface area contributed by atoms with Gasteiger partial charge in [-0.2, -0.15) is 0 Å². The van der Waals surface area contributed by atoms with Crippen molar-refractivity contribution in [3.63, 3.8) is 0 Å². The highest BCUT2D eigenvalue weighted by molar-refractivity contribution is 7.13. The first-order chi connectivity index (χ1) is 12.9. The molecule has 1 aromatic carbocycles. The molecule has 27 heavy (non-hydrogen) atoms.